The Kier molecular flexibility index (Phi) is 4.07. The molecule has 3 aromatic carbocycles. The van der Waals surface area contributed by atoms with Crippen LogP contribution in [0, 0.1) is 0 Å². The topological polar surface area (TPSA) is 18.5 Å². The predicted octanol–water partition coefficient (Wildman–Crippen LogP) is 5.14. The fraction of sp³-hybridized carbons (Fsp3) is 0.263. The highest BCUT2D eigenvalue weighted by molar-refractivity contribution is 6.00. The van der Waals surface area contributed by atoms with Crippen LogP contribution in [-0.2, 0) is 4.74 Å². The molecule has 0 aliphatic carbocycles. The highest BCUT2D eigenvalue weighted by Crippen LogP contribution is 2.31. The monoisotopic (exact) mass is 280 g/mol. The molecule has 2 nitrogen and oxygen atoms in total. The van der Waals surface area contributed by atoms with Crippen LogP contribution in [-0.4, -0.2) is 13.4 Å². The van der Waals surface area contributed by atoms with Crippen molar-refractivity contribution in [2.45, 2.75) is 26.1 Å². The normalized spacial score (nSPS) is 12.7. The second-order valence-electron chi connectivity index (χ2n) is 5.25. The standard InChI is InChI=1S/C19H20O2/c1-3-7-19(20-2)21-18-11-6-10-16-12-14-8-4-5-9-15(14)13-17(16)18/h4-6,8-13,19H,3,7H2,1-2H3. The summed E-state index contributed by atoms with van der Waals surface area (Å²) in [6.07, 6.45) is 1.74. The molecule has 1 atom stereocenters. The van der Waals surface area contributed by atoms with Crippen molar-refractivity contribution in [3.8, 4) is 5.75 Å². The van der Waals surface area contributed by atoms with E-state index in [4.69, 9.17) is 9.47 Å². The third-order valence-corrected chi connectivity index (χ3v) is 3.75. The fourth-order valence-electron chi connectivity index (χ4n) is 2.64. The first-order valence-corrected chi connectivity index (χ1v) is 7.43. The van der Waals surface area contributed by atoms with Gasteiger partial charge in [-0.05, 0) is 34.4 Å². The molecule has 0 radical (unpaired) electrons. The Hall–Kier alpha value is -2.06. The van der Waals surface area contributed by atoms with Crippen molar-refractivity contribution >= 4 is 21.5 Å². The van der Waals surface area contributed by atoms with E-state index in [1.807, 2.05) is 12.1 Å². The molecule has 0 saturated carbocycles. The first-order chi connectivity index (χ1) is 10.3. The molecule has 3 aromatic rings. The van der Waals surface area contributed by atoms with E-state index in [-0.39, 0.29) is 6.29 Å². The van der Waals surface area contributed by atoms with Crippen LogP contribution in [0.5, 0.6) is 5.75 Å². The van der Waals surface area contributed by atoms with Gasteiger partial charge in [-0.25, -0.2) is 0 Å². The number of methoxy groups -OCH3 is 1. The lowest BCUT2D eigenvalue weighted by molar-refractivity contribution is -0.0575. The summed E-state index contributed by atoms with van der Waals surface area (Å²) < 4.78 is 11.5. The average molecular weight is 280 g/mol. The molecule has 0 aromatic heterocycles. The lowest BCUT2D eigenvalue weighted by Crippen LogP contribution is -2.18. The van der Waals surface area contributed by atoms with Crippen LogP contribution in [0.4, 0.5) is 0 Å². The van der Waals surface area contributed by atoms with Gasteiger partial charge in [0.1, 0.15) is 5.75 Å². The number of rotatable bonds is 5. The van der Waals surface area contributed by atoms with Gasteiger partial charge in [0.2, 0.25) is 0 Å². The van der Waals surface area contributed by atoms with Gasteiger partial charge in [0.25, 0.3) is 0 Å². The summed E-state index contributed by atoms with van der Waals surface area (Å²) in [5.41, 5.74) is 0. The minimum atomic E-state index is -0.188. The third kappa shape index (κ3) is 2.86. The molecule has 21 heavy (non-hydrogen) atoms. The van der Waals surface area contributed by atoms with Gasteiger partial charge in [0, 0.05) is 18.9 Å². The molecule has 0 bridgehead atoms. The zero-order valence-corrected chi connectivity index (χ0v) is 12.5. The lowest BCUT2D eigenvalue weighted by Gasteiger charge is -2.18. The summed E-state index contributed by atoms with van der Waals surface area (Å²) in [6, 6.07) is 19.0. The van der Waals surface area contributed by atoms with E-state index in [2.05, 4.69) is 49.4 Å². The first kappa shape index (κ1) is 13.9. The molecular weight excluding hydrogens is 260 g/mol. The van der Waals surface area contributed by atoms with Crippen LogP contribution < -0.4 is 4.74 Å². The van der Waals surface area contributed by atoms with Gasteiger partial charge in [-0.2, -0.15) is 0 Å². The molecule has 2 heteroatoms. The zero-order valence-electron chi connectivity index (χ0n) is 12.5. The number of benzene rings is 3. The van der Waals surface area contributed by atoms with Crippen molar-refractivity contribution in [1.29, 1.82) is 0 Å². The van der Waals surface area contributed by atoms with Gasteiger partial charge in [-0.15, -0.1) is 0 Å². The average Bonchev–Trinajstić information content (AvgIpc) is 2.53. The van der Waals surface area contributed by atoms with Crippen molar-refractivity contribution in [2.75, 3.05) is 7.11 Å². The number of hydrogen-bond donors (Lipinski definition) is 0. The second-order valence-corrected chi connectivity index (χ2v) is 5.25. The molecule has 0 aliphatic heterocycles. The highest BCUT2D eigenvalue weighted by atomic mass is 16.7. The van der Waals surface area contributed by atoms with Crippen molar-refractivity contribution in [2.24, 2.45) is 0 Å². The molecule has 1 unspecified atom stereocenters. The maximum absolute atomic E-state index is 6.04. The van der Waals surface area contributed by atoms with Crippen LogP contribution in [0.2, 0.25) is 0 Å². The van der Waals surface area contributed by atoms with Gasteiger partial charge in [-0.1, -0.05) is 49.7 Å². The summed E-state index contributed by atoms with van der Waals surface area (Å²) >= 11 is 0. The SMILES string of the molecule is CCCC(OC)Oc1cccc2cc3ccccc3cc12. The van der Waals surface area contributed by atoms with Gasteiger partial charge >= 0.3 is 0 Å². The number of hydrogen-bond acceptors (Lipinski definition) is 2. The first-order valence-electron chi connectivity index (χ1n) is 7.43. The van der Waals surface area contributed by atoms with Crippen LogP contribution in [0.15, 0.2) is 54.6 Å². The summed E-state index contributed by atoms with van der Waals surface area (Å²) in [5.74, 6) is 0.888. The van der Waals surface area contributed by atoms with Gasteiger partial charge in [0.15, 0.2) is 6.29 Å². The summed E-state index contributed by atoms with van der Waals surface area (Å²) in [4.78, 5) is 0. The molecule has 0 amide bonds. The zero-order chi connectivity index (χ0) is 14.7. The summed E-state index contributed by atoms with van der Waals surface area (Å²) in [6.45, 7) is 2.13. The fourth-order valence-corrected chi connectivity index (χ4v) is 2.64. The molecule has 0 N–H and O–H groups in total. The van der Waals surface area contributed by atoms with E-state index in [1.165, 1.54) is 16.2 Å². The molecule has 0 heterocycles. The van der Waals surface area contributed by atoms with Gasteiger partial charge in [-0.3, -0.25) is 0 Å². The lowest BCUT2D eigenvalue weighted by atomic mass is 10.0. The van der Waals surface area contributed by atoms with Crippen LogP contribution in [0.25, 0.3) is 21.5 Å². The molecular formula is C19H20O2. The molecule has 0 saturated heterocycles. The van der Waals surface area contributed by atoms with Crippen molar-refractivity contribution in [3.63, 3.8) is 0 Å². The van der Waals surface area contributed by atoms with Crippen LogP contribution in [0.1, 0.15) is 19.8 Å². The van der Waals surface area contributed by atoms with Crippen molar-refractivity contribution in [1.82, 2.24) is 0 Å². The predicted molar refractivity (Wildman–Crippen MR) is 87.8 cm³/mol. The van der Waals surface area contributed by atoms with Crippen molar-refractivity contribution in [3.05, 3.63) is 54.6 Å². The Morgan fingerprint density at radius 2 is 1.62 bits per heavy atom. The van der Waals surface area contributed by atoms with Gasteiger partial charge < -0.3 is 9.47 Å². The number of ether oxygens (including phenoxy) is 2. The van der Waals surface area contributed by atoms with Crippen molar-refractivity contribution < 1.29 is 9.47 Å². The Bertz CT molecular complexity index is 749. The van der Waals surface area contributed by atoms with E-state index >= 15 is 0 Å². The third-order valence-electron chi connectivity index (χ3n) is 3.75. The van der Waals surface area contributed by atoms with E-state index in [9.17, 15) is 0 Å². The smallest absolute Gasteiger partial charge is 0.199 e. The van der Waals surface area contributed by atoms with E-state index in [1.54, 1.807) is 7.11 Å². The minimum absolute atomic E-state index is 0.188. The minimum Gasteiger partial charge on any atom is -0.464 e. The Balaban J connectivity index is 2.07. The van der Waals surface area contributed by atoms with E-state index in [0.717, 1.165) is 24.0 Å². The maximum Gasteiger partial charge on any atom is 0.199 e. The Labute approximate surface area is 125 Å². The van der Waals surface area contributed by atoms with Crippen LogP contribution in [0.3, 0.4) is 0 Å². The van der Waals surface area contributed by atoms with E-state index < -0.39 is 0 Å². The second kappa shape index (κ2) is 6.15. The van der Waals surface area contributed by atoms with Crippen LogP contribution >= 0.6 is 0 Å². The summed E-state index contributed by atoms with van der Waals surface area (Å²) in [5, 5.41) is 4.80. The number of fused-ring (bicyclic) bond motifs is 2. The Morgan fingerprint density at radius 3 is 2.33 bits per heavy atom. The molecule has 108 valence electrons. The maximum atomic E-state index is 6.04. The largest absolute Gasteiger partial charge is 0.464 e. The summed E-state index contributed by atoms with van der Waals surface area (Å²) in [7, 11) is 1.70. The van der Waals surface area contributed by atoms with Gasteiger partial charge in [0.05, 0.1) is 0 Å². The van der Waals surface area contributed by atoms with E-state index in [0.29, 0.717) is 0 Å². The Morgan fingerprint density at radius 1 is 0.905 bits per heavy atom. The molecule has 0 aliphatic rings. The molecule has 3 rings (SSSR count). The molecule has 0 fully saturated rings. The molecule has 0 spiro atoms. The quantitative estimate of drug-likeness (QED) is 0.475. The highest BCUT2D eigenvalue weighted by Gasteiger charge is 2.10.